The number of rotatable bonds is 10. The second-order valence-electron chi connectivity index (χ2n) is 7.48. The van der Waals surface area contributed by atoms with E-state index in [1.807, 2.05) is 30.3 Å². The van der Waals surface area contributed by atoms with Crippen LogP contribution in [0.4, 0.5) is 5.69 Å². The van der Waals surface area contributed by atoms with E-state index in [-0.39, 0.29) is 39.4 Å². The number of carboxylic acid groups (broad SMARTS) is 1. The Bertz CT molecular complexity index is 1460. The lowest BCUT2D eigenvalue weighted by Crippen LogP contribution is -2.02. The van der Waals surface area contributed by atoms with Crippen LogP contribution in [0.15, 0.2) is 76.8 Å². The highest BCUT2D eigenvalue weighted by atomic mass is 35.5. The van der Waals surface area contributed by atoms with Gasteiger partial charge in [-0.15, -0.1) is 5.10 Å². The fraction of sp³-hybridized carbons (Fsp3) is 0.0800. The lowest BCUT2D eigenvalue weighted by atomic mass is 10.1. The first-order chi connectivity index (χ1) is 17.8. The van der Waals surface area contributed by atoms with Gasteiger partial charge in [0.05, 0.1) is 23.7 Å². The van der Waals surface area contributed by atoms with Gasteiger partial charge in [0.2, 0.25) is 5.16 Å². The molecule has 0 bridgehead atoms. The molecule has 0 unspecified atom stereocenters. The van der Waals surface area contributed by atoms with Gasteiger partial charge in [-0.05, 0) is 53.7 Å². The van der Waals surface area contributed by atoms with Crippen molar-refractivity contribution in [1.29, 1.82) is 0 Å². The minimum atomic E-state index is -1.31. The van der Waals surface area contributed by atoms with Gasteiger partial charge in [-0.3, -0.25) is 15.2 Å². The molecule has 188 valence electrons. The van der Waals surface area contributed by atoms with Crippen molar-refractivity contribution >= 4 is 41.1 Å². The summed E-state index contributed by atoms with van der Waals surface area (Å²) in [5.74, 6) is -0.524. The number of aromatic amines is 1. The third-order valence-corrected chi connectivity index (χ3v) is 6.16. The van der Waals surface area contributed by atoms with E-state index in [0.29, 0.717) is 16.4 Å². The molecule has 0 atom stereocenters. The molecule has 2 N–H and O–H groups in total. The van der Waals surface area contributed by atoms with Gasteiger partial charge < -0.3 is 14.6 Å². The molecule has 0 fully saturated rings. The Hall–Kier alpha value is -4.35. The Morgan fingerprint density at radius 3 is 2.54 bits per heavy atom. The monoisotopic (exact) mass is 538 g/mol. The summed E-state index contributed by atoms with van der Waals surface area (Å²) in [7, 11) is 1.39. The van der Waals surface area contributed by atoms with Crippen molar-refractivity contribution < 1.29 is 24.3 Å². The third kappa shape index (κ3) is 6.46. The molecular weight excluding hydrogens is 520 g/mol. The van der Waals surface area contributed by atoms with Gasteiger partial charge in [0.25, 0.3) is 5.69 Å². The smallest absolute Gasteiger partial charge is 0.342 e. The van der Waals surface area contributed by atoms with Gasteiger partial charge in [0.15, 0.2) is 17.3 Å². The van der Waals surface area contributed by atoms with Crippen molar-refractivity contribution in [2.45, 2.75) is 11.8 Å². The van der Waals surface area contributed by atoms with E-state index in [1.165, 1.54) is 25.3 Å². The largest absolute Gasteiger partial charge is 0.493 e. The summed E-state index contributed by atoms with van der Waals surface area (Å²) >= 11 is 6.65. The second-order valence-corrected chi connectivity index (χ2v) is 8.93. The van der Waals surface area contributed by atoms with E-state index in [9.17, 15) is 20.0 Å². The number of H-pyrrole nitrogens is 1. The van der Waals surface area contributed by atoms with Crippen LogP contribution < -0.4 is 9.47 Å². The summed E-state index contributed by atoms with van der Waals surface area (Å²) in [6, 6.07) is 18.7. The van der Waals surface area contributed by atoms with Crippen LogP contribution in [0.25, 0.3) is 17.5 Å². The molecule has 37 heavy (non-hydrogen) atoms. The molecule has 0 radical (unpaired) electrons. The number of aromatic nitrogens is 3. The summed E-state index contributed by atoms with van der Waals surface area (Å²) in [5.41, 5.74) is 1.24. The predicted molar refractivity (Wildman–Crippen MR) is 139 cm³/mol. The van der Waals surface area contributed by atoms with Crippen molar-refractivity contribution in [2.24, 2.45) is 0 Å². The van der Waals surface area contributed by atoms with Crippen LogP contribution >= 0.6 is 23.4 Å². The maximum Gasteiger partial charge on any atom is 0.342 e. The predicted octanol–water partition coefficient (Wildman–Crippen LogP) is 5.84. The molecular formula is C25H19ClN4O6S. The van der Waals surface area contributed by atoms with E-state index in [4.69, 9.17) is 21.1 Å². The van der Waals surface area contributed by atoms with Crippen molar-refractivity contribution in [3.05, 3.63) is 97.9 Å². The van der Waals surface area contributed by atoms with Gasteiger partial charge in [-0.25, -0.2) is 9.78 Å². The molecule has 0 aliphatic heterocycles. The Labute approximate surface area is 220 Å². The first-order valence-corrected chi connectivity index (χ1v) is 11.9. The minimum Gasteiger partial charge on any atom is -0.493 e. The van der Waals surface area contributed by atoms with Gasteiger partial charge in [0.1, 0.15) is 11.5 Å². The summed E-state index contributed by atoms with van der Waals surface area (Å²) in [4.78, 5) is 27.3. The number of aliphatic carboxylic acids is 1. The average molecular weight is 539 g/mol. The van der Waals surface area contributed by atoms with Crippen LogP contribution in [-0.4, -0.2) is 38.3 Å². The minimum absolute atomic E-state index is 0.0206. The van der Waals surface area contributed by atoms with Crippen molar-refractivity contribution in [2.75, 3.05) is 7.11 Å². The van der Waals surface area contributed by atoms with Crippen molar-refractivity contribution in [3.8, 4) is 22.9 Å². The number of nitro benzene ring substituents is 1. The number of carboxylic acids is 1. The molecule has 1 heterocycles. The quantitative estimate of drug-likeness (QED) is 0.110. The molecule has 0 saturated heterocycles. The highest BCUT2D eigenvalue weighted by Crippen LogP contribution is 2.38. The first kappa shape index (κ1) is 25.7. The van der Waals surface area contributed by atoms with Crippen molar-refractivity contribution in [1.82, 2.24) is 15.2 Å². The first-order valence-electron chi connectivity index (χ1n) is 10.7. The number of hydrogen-bond acceptors (Lipinski definition) is 8. The Morgan fingerprint density at radius 1 is 1.16 bits per heavy atom. The van der Waals surface area contributed by atoms with Crippen LogP contribution in [0.2, 0.25) is 5.02 Å². The van der Waals surface area contributed by atoms with Crippen LogP contribution in [0, 0.1) is 10.1 Å². The van der Waals surface area contributed by atoms with E-state index >= 15 is 0 Å². The molecule has 0 aliphatic rings. The number of benzene rings is 3. The summed E-state index contributed by atoms with van der Waals surface area (Å²) < 4.78 is 11.1. The SMILES string of the molecule is COc1cc(/C=C(\Sc2n[nH]c(-c3ccc(Cl)cc3)n2)C(=O)O)c([N+](=O)[O-])cc1OCc1ccccc1. The molecule has 1 aromatic heterocycles. The maximum absolute atomic E-state index is 12.0. The number of nitro groups is 1. The Morgan fingerprint density at radius 2 is 1.89 bits per heavy atom. The average Bonchev–Trinajstić information content (AvgIpc) is 3.36. The van der Waals surface area contributed by atoms with E-state index in [2.05, 4.69) is 15.2 Å². The number of carbonyl (C=O) groups is 1. The Kier molecular flexibility index (Phi) is 8.06. The van der Waals surface area contributed by atoms with Crippen LogP contribution in [-0.2, 0) is 11.4 Å². The fourth-order valence-corrected chi connectivity index (χ4v) is 4.07. The molecule has 0 aliphatic carbocycles. The number of nitrogens with one attached hydrogen (secondary N) is 1. The number of ether oxygens (including phenoxy) is 2. The standard InChI is InChI=1S/C25H19ClN4O6S/c1-35-20-11-17(19(30(33)34)13-21(20)36-14-15-5-3-2-4-6-15)12-22(24(31)32)37-25-27-23(28-29-25)16-7-9-18(26)10-8-16/h2-13H,14H2,1H3,(H,31,32)(H,27,28,29)/b22-12-. The molecule has 0 saturated carbocycles. The maximum atomic E-state index is 12.0. The molecule has 4 aromatic rings. The Balaban J connectivity index is 1.63. The van der Waals surface area contributed by atoms with Crippen LogP contribution in [0.1, 0.15) is 11.1 Å². The number of thioether (sulfide) groups is 1. The number of hydrogen-bond donors (Lipinski definition) is 2. The third-order valence-electron chi connectivity index (χ3n) is 5.03. The highest BCUT2D eigenvalue weighted by molar-refractivity contribution is 8.04. The van der Waals surface area contributed by atoms with E-state index < -0.39 is 10.9 Å². The number of methoxy groups -OCH3 is 1. The number of halogens is 1. The molecule has 0 amide bonds. The zero-order valence-corrected chi connectivity index (χ0v) is 20.8. The van der Waals surface area contributed by atoms with Crippen molar-refractivity contribution in [3.63, 3.8) is 0 Å². The van der Waals surface area contributed by atoms with Crippen LogP contribution in [0.5, 0.6) is 11.5 Å². The summed E-state index contributed by atoms with van der Waals surface area (Å²) in [6.45, 7) is 0.167. The van der Waals surface area contributed by atoms with Gasteiger partial charge in [-0.1, -0.05) is 41.9 Å². The lowest BCUT2D eigenvalue weighted by Gasteiger charge is -2.12. The van der Waals surface area contributed by atoms with E-state index in [1.54, 1.807) is 24.3 Å². The molecule has 12 heteroatoms. The summed E-state index contributed by atoms with van der Waals surface area (Å²) in [5, 5.41) is 29.1. The second kappa shape index (κ2) is 11.6. The van der Waals surface area contributed by atoms with Gasteiger partial charge in [0, 0.05) is 10.6 Å². The number of nitrogens with zero attached hydrogens (tertiary/aromatic N) is 3. The van der Waals surface area contributed by atoms with Crippen LogP contribution in [0.3, 0.4) is 0 Å². The fourth-order valence-electron chi connectivity index (χ4n) is 3.25. The molecule has 3 aromatic carbocycles. The topological polar surface area (TPSA) is 140 Å². The molecule has 10 nitrogen and oxygen atoms in total. The zero-order valence-electron chi connectivity index (χ0n) is 19.3. The molecule has 0 spiro atoms. The lowest BCUT2D eigenvalue weighted by molar-refractivity contribution is -0.385. The normalized spacial score (nSPS) is 11.2. The summed E-state index contributed by atoms with van der Waals surface area (Å²) in [6.07, 6.45) is 1.17. The highest BCUT2D eigenvalue weighted by Gasteiger charge is 2.22. The zero-order chi connectivity index (χ0) is 26.4. The molecule has 4 rings (SSSR count). The van der Waals surface area contributed by atoms with Gasteiger partial charge >= 0.3 is 5.97 Å². The van der Waals surface area contributed by atoms with E-state index in [0.717, 1.165) is 17.3 Å². The van der Waals surface area contributed by atoms with Gasteiger partial charge in [-0.2, -0.15) is 0 Å².